The van der Waals surface area contributed by atoms with Crippen LogP contribution in [-0.4, -0.2) is 62.7 Å². The molecule has 1 N–H and O–H groups in total. The molecule has 2 unspecified atom stereocenters. The Bertz CT molecular complexity index is 1090. The Balaban J connectivity index is 1.23. The van der Waals surface area contributed by atoms with E-state index in [1.807, 2.05) is 0 Å². The predicted molar refractivity (Wildman–Crippen MR) is 107 cm³/mol. The van der Waals surface area contributed by atoms with Crippen LogP contribution in [0, 0.1) is 5.92 Å². The smallest absolute Gasteiger partial charge is 0.445 e. The number of likely N-dealkylation sites (tertiary alicyclic amines) is 1. The maximum Gasteiger partial charge on any atom is 0.573 e. The summed E-state index contributed by atoms with van der Waals surface area (Å²) in [5.41, 5.74) is 1.01. The summed E-state index contributed by atoms with van der Waals surface area (Å²) < 4.78 is 62.0. The lowest BCUT2D eigenvalue weighted by molar-refractivity contribution is -0.274. The van der Waals surface area contributed by atoms with Crippen LogP contribution in [0.3, 0.4) is 0 Å². The van der Waals surface area contributed by atoms with E-state index in [1.54, 1.807) is 16.8 Å². The van der Waals surface area contributed by atoms with Crippen molar-refractivity contribution in [2.45, 2.75) is 25.6 Å². The van der Waals surface area contributed by atoms with E-state index in [2.05, 4.69) is 25.2 Å². The van der Waals surface area contributed by atoms with E-state index in [9.17, 15) is 22.4 Å². The highest BCUT2D eigenvalue weighted by Gasteiger charge is 2.33. The molecule has 176 valence electrons. The van der Waals surface area contributed by atoms with Crippen LogP contribution in [0.5, 0.6) is 5.75 Å². The normalized spacial score (nSPS) is 18.8. The molecule has 3 heterocycles. The van der Waals surface area contributed by atoms with Crippen molar-refractivity contribution in [2.24, 2.45) is 5.92 Å². The fraction of sp³-hybridized carbons (Fsp3) is 0.400. The van der Waals surface area contributed by atoms with Crippen molar-refractivity contribution in [1.82, 2.24) is 24.5 Å². The van der Waals surface area contributed by atoms with E-state index in [4.69, 9.17) is 4.74 Å². The first kappa shape index (κ1) is 22.6. The maximum atomic E-state index is 14.7. The molecule has 9 nitrogen and oxygen atoms in total. The van der Waals surface area contributed by atoms with Gasteiger partial charge in [0.1, 0.15) is 24.9 Å². The van der Waals surface area contributed by atoms with Gasteiger partial charge in [0, 0.05) is 31.4 Å². The van der Waals surface area contributed by atoms with Crippen molar-refractivity contribution in [3.8, 4) is 5.75 Å². The highest BCUT2D eigenvalue weighted by atomic mass is 19.4. The average Bonchev–Trinajstić information content (AvgIpc) is 3.26. The second-order valence-electron chi connectivity index (χ2n) is 7.48. The fourth-order valence-corrected chi connectivity index (χ4v) is 3.48. The number of aromatic nitrogens is 4. The molecule has 4 rings (SSSR count). The number of carbonyl (C=O) groups is 1. The van der Waals surface area contributed by atoms with Gasteiger partial charge in [0.15, 0.2) is 5.82 Å². The zero-order valence-corrected chi connectivity index (χ0v) is 17.2. The van der Waals surface area contributed by atoms with Gasteiger partial charge in [0.25, 0.3) is 0 Å². The van der Waals surface area contributed by atoms with Crippen molar-refractivity contribution in [3.63, 3.8) is 0 Å². The quantitative estimate of drug-likeness (QED) is 0.554. The minimum absolute atomic E-state index is 0.119. The van der Waals surface area contributed by atoms with Gasteiger partial charge in [-0.1, -0.05) is 12.1 Å². The lowest BCUT2D eigenvalue weighted by Crippen LogP contribution is -2.46. The van der Waals surface area contributed by atoms with E-state index in [1.165, 1.54) is 23.4 Å². The Hall–Kier alpha value is -3.64. The first-order chi connectivity index (χ1) is 15.8. The van der Waals surface area contributed by atoms with Crippen LogP contribution in [0.2, 0.25) is 0 Å². The molecule has 0 saturated carbocycles. The Kier molecular flexibility index (Phi) is 6.47. The molecule has 1 fully saturated rings. The molecule has 3 aromatic rings. The molecule has 1 amide bonds. The third kappa shape index (κ3) is 5.79. The number of ether oxygens (including phenoxy) is 2. The lowest BCUT2D eigenvalue weighted by Gasteiger charge is -2.34. The minimum Gasteiger partial charge on any atom is -0.445 e. The SMILES string of the molecule is O=C(OCc1ccc(OC(F)(F)F)cc1)N1CCC(CNc2nccn3cnnc23)C(F)C1. The van der Waals surface area contributed by atoms with Crippen LogP contribution in [0.1, 0.15) is 12.0 Å². The fourth-order valence-electron chi connectivity index (χ4n) is 3.48. The molecule has 1 aliphatic rings. The van der Waals surface area contributed by atoms with Crippen molar-refractivity contribution in [3.05, 3.63) is 48.5 Å². The molecule has 1 saturated heterocycles. The number of nitrogens with zero attached hydrogens (tertiary/aromatic N) is 5. The number of carbonyl (C=O) groups excluding carboxylic acids is 1. The minimum atomic E-state index is -4.78. The van der Waals surface area contributed by atoms with Crippen molar-refractivity contribution < 1.29 is 31.8 Å². The van der Waals surface area contributed by atoms with Gasteiger partial charge < -0.3 is 19.7 Å². The molecule has 1 aliphatic heterocycles. The molecule has 13 heteroatoms. The van der Waals surface area contributed by atoms with Gasteiger partial charge in [-0.3, -0.25) is 4.40 Å². The Labute approximate surface area is 185 Å². The molecule has 2 aromatic heterocycles. The second-order valence-corrected chi connectivity index (χ2v) is 7.48. The zero-order valence-electron chi connectivity index (χ0n) is 17.2. The lowest BCUT2D eigenvalue weighted by atomic mass is 9.95. The molecule has 33 heavy (non-hydrogen) atoms. The Morgan fingerprint density at radius 3 is 2.76 bits per heavy atom. The van der Waals surface area contributed by atoms with Gasteiger partial charge in [-0.2, -0.15) is 0 Å². The molecule has 2 atom stereocenters. The summed E-state index contributed by atoms with van der Waals surface area (Å²) in [5, 5.41) is 10.9. The second kappa shape index (κ2) is 9.46. The molecular formula is C20H20F4N6O3. The van der Waals surface area contributed by atoms with Gasteiger partial charge in [-0.15, -0.1) is 23.4 Å². The topological polar surface area (TPSA) is 93.9 Å². The molecular weight excluding hydrogens is 448 g/mol. The monoisotopic (exact) mass is 468 g/mol. The van der Waals surface area contributed by atoms with Crippen molar-refractivity contribution in [2.75, 3.05) is 25.0 Å². The van der Waals surface area contributed by atoms with E-state index >= 15 is 0 Å². The average molecular weight is 468 g/mol. The summed E-state index contributed by atoms with van der Waals surface area (Å²) in [6.45, 7) is 0.353. The standard InChI is InChI=1S/C20H20F4N6O3/c21-16-10-29(19(31)32-11-13-1-3-15(4-2-13)33-20(22,23)24)7-5-14(16)9-26-17-18-28-27-12-30(18)8-6-25-17/h1-4,6,8,12,14,16H,5,7,9-11H2,(H,25,26). The van der Waals surface area contributed by atoms with Gasteiger partial charge in [0.2, 0.25) is 5.65 Å². The Morgan fingerprint density at radius 2 is 2.03 bits per heavy atom. The zero-order chi connectivity index (χ0) is 23.4. The van der Waals surface area contributed by atoms with Gasteiger partial charge in [-0.25, -0.2) is 14.2 Å². The van der Waals surface area contributed by atoms with Crippen LogP contribution in [-0.2, 0) is 11.3 Å². The third-order valence-corrected chi connectivity index (χ3v) is 5.20. The van der Waals surface area contributed by atoms with Crippen LogP contribution in [0.4, 0.5) is 28.2 Å². The number of piperidine rings is 1. The number of benzene rings is 1. The van der Waals surface area contributed by atoms with E-state index in [-0.39, 0.29) is 24.8 Å². The molecule has 0 spiro atoms. The number of anilines is 1. The number of hydrogen-bond acceptors (Lipinski definition) is 7. The summed E-state index contributed by atoms with van der Waals surface area (Å²) in [6, 6.07) is 4.96. The first-order valence-corrected chi connectivity index (χ1v) is 10.1. The van der Waals surface area contributed by atoms with Crippen molar-refractivity contribution >= 4 is 17.6 Å². The highest BCUT2D eigenvalue weighted by Crippen LogP contribution is 2.24. The summed E-state index contributed by atoms with van der Waals surface area (Å²) in [5.74, 6) is -0.208. The van der Waals surface area contributed by atoms with Crippen LogP contribution in [0.25, 0.3) is 5.65 Å². The van der Waals surface area contributed by atoms with E-state index in [0.717, 1.165) is 12.1 Å². The molecule has 0 bridgehead atoms. The largest absolute Gasteiger partial charge is 0.573 e. The molecule has 1 aromatic carbocycles. The number of alkyl halides is 4. The summed E-state index contributed by atoms with van der Waals surface area (Å²) in [4.78, 5) is 17.8. The van der Waals surface area contributed by atoms with Gasteiger partial charge >= 0.3 is 12.5 Å². The van der Waals surface area contributed by atoms with Crippen LogP contribution < -0.4 is 10.1 Å². The maximum absolute atomic E-state index is 14.7. The van der Waals surface area contributed by atoms with Crippen LogP contribution in [0.15, 0.2) is 43.0 Å². The number of fused-ring (bicyclic) bond motifs is 1. The Morgan fingerprint density at radius 1 is 1.24 bits per heavy atom. The number of nitrogens with one attached hydrogen (secondary N) is 1. The number of hydrogen-bond donors (Lipinski definition) is 1. The van der Waals surface area contributed by atoms with Crippen molar-refractivity contribution in [1.29, 1.82) is 0 Å². The number of halogens is 4. The van der Waals surface area contributed by atoms with Gasteiger partial charge in [-0.05, 0) is 24.1 Å². The highest BCUT2D eigenvalue weighted by molar-refractivity contribution is 5.68. The van der Waals surface area contributed by atoms with E-state index in [0.29, 0.717) is 36.5 Å². The third-order valence-electron chi connectivity index (χ3n) is 5.20. The number of rotatable bonds is 6. The number of amides is 1. The van der Waals surface area contributed by atoms with Crippen LogP contribution >= 0.6 is 0 Å². The van der Waals surface area contributed by atoms with Gasteiger partial charge in [0.05, 0.1) is 6.54 Å². The summed E-state index contributed by atoms with van der Waals surface area (Å²) in [7, 11) is 0. The first-order valence-electron chi connectivity index (χ1n) is 10.1. The predicted octanol–water partition coefficient (Wildman–Crippen LogP) is 3.43. The van der Waals surface area contributed by atoms with E-state index < -0.39 is 18.6 Å². The summed E-state index contributed by atoms with van der Waals surface area (Å²) >= 11 is 0. The summed E-state index contributed by atoms with van der Waals surface area (Å²) in [6.07, 6.45) is -1.49. The molecule has 0 aliphatic carbocycles. The molecule has 0 radical (unpaired) electrons.